The molecule has 0 spiro atoms. The molecule has 1 aliphatic carbocycles. The zero-order valence-corrected chi connectivity index (χ0v) is 18.8. The van der Waals surface area contributed by atoms with E-state index in [1.807, 2.05) is 6.92 Å². The van der Waals surface area contributed by atoms with E-state index in [0.717, 1.165) is 24.1 Å². The second-order valence-electron chi connectivity index (χ2n) is 7.93. The number of carbonyl (C=O) groups is 1. The first-order valence-corrected chi connectivity index (χ1v) is 11.0. The van der Waals surface area contributed by atoms with Gasteiger partial charge < -0.3 is 20.5 Å². The number of aliphatic hydroxyl groups is 1. The van der Waals surface area contributed by atoms with Crippen molar-refractivity contribution in [3.05, 3.63) is 56.5 Å². The molecule has 1 unspecified atom stereocenters. The Bertz CT molecular complexity index is 1310. The lowest BCUT2D eigenvalue weighted by Gasteiger charge is -2.23. The highest BCUT2D eigenvalue weighted by Gasteiger charge is 2.29. The monoisotopic (exact) mass is 471 g/mol. The number of nitrogens with one attached hydrogen (secondary N) is 4. The number of carbonyl (C=O) groups excluding carboxylic acids is 1. The normalized spacial score (nSPS) is 19.9. The molecule has 33 heavy (non-hydrogen) atoms. The molecule has 1 saturated carbocycles. The van der Waals surface area contributed by atoms with Crippen molar-refractivity contribution >= 4 is 29.1 Å². The van der Waals surface area contributed by atoms with E-state index in [-0.39, 0.29) is 35.8 Å². The summed E-state index contributed by atoms with van der Waals surface area (Å²) in [4.78, 5) is 33.1. The molecule has 1 atom stereocenters. The summed E-state index contributed by atoms with van der Waals surface area (Å²) in [6.07, 6.45) is 9.25. The van der Waals surface area contributed by atoms with E-state index in [1.54, 1.807) is 29.1 Å². The van der Waals surface area contributed by atoms with Crippen LogP contribution in [0.3, 0.4) is 0 Å². The van der Waals surface area contributed by atoms with E-state index < -0.39 is 11.6 Å². The first-order chi connectivity index (χ1) is 15.9. The van der Waals surface area contributed by atoms with E-state index in [2.05, 4.69) is 25.7 Å². The fraction of sp³-hybridized carbons (Fsp3) is 0.381. The maximum absolute atomic E-state index is 11.9. The first-order valence-electron chi connectivity index (χ1n) is 10.6. The molecule has 4 rings (SSSR count). The number of amides is 1. The maximum atomic E-state index is 11.9. The van der Waals surface area contributed by atoms with Gasteiger partial charge in [0, 0.05) is 29.9 Å². The van der Waals surface area contributed by atoms with Crippen molar-refractivity contribution in [3.63, 3.8) is 0 Å². The Hall–Kier alpha value is -3.35. The van der Waals surface area contributed by atoms with Crippen LogP contribution in [0.5, 0.6) is 5.88 Å². The topological polar surface area (TPSA) is 160 Å². The Morgan fingerprint density at radius 2 is 2.15 bits per heavy atom. The van der Waals surface area contributed by atoms with Crippen molar-refractivity contribution in [1.29, 1.82) is 0 Å². The number of aromatic amines is 2. The van der Waals surface area contributed by atoms with Gasteiger partial charge in [0.25, 0.3) is 5.91 Å². The number of imidazole rings is 1. The second-order valence-corrected chi connectivity index (χ2v) is 8.37. The lowest BCUT2D eigenvalue weighted by atomic mass is 10.1. The molecule has 1 fully saturated rings. The number of rotatable bonds is 8. The van der Waals surface area contributed by atoms with E-state index in [9.17, 15) is 14.7 Å². The molecular formula is C21H25N7O4S. The van der Waals surface area contributed by atoms with Gasteiger partial charge in [0.05, 0.1) is 12.8 Å². The van der Waals surface area contributed by atoms with Crippen LogP contribution in [-0.2, 0) is 4.79 Å². The van der Waals surface area contributed by atoms with Crippen molar-refractivity contribution < 1.29 is 15.0 Å². The van der Waals surface area contributed by atoms with Gasteiger partial charge in [0.1, 0.15) is 16.7 Å². The molecule has 2 aromatic heterocycles. The maximum Gasteiger partial charge on any atom is 0.326 e. The fourth-order valence-electron chi connectivity index (χ4n) is 3.44. The Labute approximate surface area is 193 Å². The Morgan fingerprint density at radius 1 is 1.36 bits per heavy atom. The van der Waals surface area contributed by atoms with Gasteiger partial charge in [0.2, 0.25) is 5.88 Å². The van der Waals surface area contributed by atoms with Crippen LogP contribution in [0.2, 0.25) is 0 Å². The van der Waals surface area contributed by atoms with Gasteiger partial charge in [-0.1, -0.05) is 18.3 Å². The van der Waals surface area contributed by atoms with Crippen molar-refractivity contribution in [3.8, 4) is 5.88 Å². The molecule has 174 valence electrons. The van der Waals surface area contributed by atoms with Crippen molar-refractivity contribution in [2.45, 2.75) is 38.4 Å². The minimum Gasteiger partial charge on any atom is -0.493 e. The number of hydrogen-bond acceptors (Lipinski definition) is 8. The molecule has 12 heteroatoms. The largest absolute Gasteiger partial charge is 0.493 e. The Balaban J connectivity index is 1.70. The highest BCUT2D eigenvalue weighted by atomic mass is 32.1. The predicted molar refractivity (Wildman–Crippen MR) is 124 cm³/mol. The Kier molecular flexibility index (Phi) is 6.67. The fourth-order valence-corrected chi connectivity index (χ4v) is 3.58. The second kappa shape index (κ2) is 9.65. The number of fused-ring (bicyclic) bond motifs is 1. The van der Waals surface area contributed by atoms with Crippen molar-refractivity contribution in [1.82, 2.24) is 30.4 Å². The zero-order chi connectivity index (χ0) is 23.5. The molecule has 2 aliphatic rings. The summed E-state index contributed by atoms with van der Waals surface area (Å²) in [5.41, 5.74) is 1.96. The minimum atomic E-state index is -0.509. The molecular weight excluding hydrogens is 446 g/mol. The van der Waals surface area contributed by atoms with Gasteiger partial charge >= 0.3 is 5.69 Å². The number of thiocarbonyl (C=S) groups is 1. The van der Waals surface area contributed by atoms with Crippen LogP contribution in [0.4, 0.5) is 0 Å². The van der Waals surface area contributed by atoms with Gasteiger partial charge in [-0.2, -0.15) is 5.10 Å². The molecule has 1 amide bonds. The molecule has 6 N–H and O–H groups in total. The quantitative estimate of drug-likeness (QED) is 0.213. The summed E-state index contributed by atoms with van der Waals surface area (Å²) < 4.78 is 1.80. The van der Waals surface area contributed by atoms with Crippen molar-refractivity contribution in [2.75, 3.05) is 13.2 Å². The van der Waals surface area contributed by atoms with Crippen LogP contribution < -0.4 is 27.0 Å². The van der Waals surface area contributed by atoms with Crippen LogP contribution in [0.25, 0.3) is 6.08 Å². The van der Waals surface area contributed by atoms with Crippen LogP contribution in [-0.4, -0.2) is 59.9 Å². The molecule has 3 heterocycles. The molecule has 0 bridgehead atoms. The van der Waals surface area contributed by atoms with E-state index >= 15 is 0 Å². The summed E-state index contributed by atoms with van der Waals surface area (Å²) in [7, 11) is 0. The molecule has 0 saturated heterocycles. The molecule has 0 radical (unpaired) electrons. The third kappa shape index (κ3) is 5.35. The summed E-state index contributed by atoms with van der Waals surface area (Å²) in [6.45, 7) is 1.88. The summed E-state index contributed by atoms with van der Waals surface area (Å²) >= 11 is 5.13. The van der Waals surface area contributed by atoms with E-state index in [0.29, 0.717) is 23.2 Å². The molecule has 2 aromatic rings. The van der Waals surface area contributed by atoms with Crippen molar-refractivity contribution in [2.24, 2.45) is 4.99 Å². The molecule has 0 aromatic carbocycles. The van der Waals surface area contributed by atoms with Crippen LogP contribution >= 0.6 is 12.2 Å². The highest BCUT2D eigenvalue weighted by molar-refractivity contribution is 7.82. The number of allylic oxidation sites excluding steroid dienone is 2. The van der Waals surface area contributed by atoms with E-state index in [1.165, 1.54) is 0 Å². The van der Waals surface area contributed by atoms with Gasteiger partial charge in [-0.3, -0.25) is 15.1 Å². The molecule has 1 aliphatic heterocycles. The number of hydrogen-bond donors (Lipinski definition) is 6. The Morgan fingerprint density at radius 3 is 2.82 bits per heavy atom. The highest BCUT2D eigenvalue weighted by Crippen LogP contribution is 2.26. The number of nitrogens with zero attached hydrogens (tertiary/aromatic N) is 3. The summed E-state index contributed by atoms with van der Waals surface area (Å²) in [6, 6.07) is 0.433. The minimum absolute atomic E-state index is 0.107. The van der Waals surface area contributed by atoms with Gasteiger partial charge in [-0.15, -0.1) is 0 Å². The molecule has 11 nitrogen and oxygen atoms in total. The smallest absolute Gasteiger partial charge is 0.326 e. The number of aromatic nitrogens is 4. The third-order valence-electron chi connectivity index (χ3n) is 5.32. The average Bonchev–Trinajstić information content (AvgIpc) is 3.43. The number of H-pyrrole nitrogens is 2. The van der Waals surface area contributed by atoms with Gasteiger partial charge in [-0.25, -0.2) is 14.5 Å². The summed E-state index contributed by atoms with van der Waals surface area (Å²) in [5, 5.41) is 29.9. The number of aliphatic hydroxyl groups excluding tert-OH is 1. The average molecular weight is 472 g/mol. The predicted octanol–water partition coefficient (Wildman–Crippen LogP) is -0.984. The van der Waals surface area contributed by atoms with E-state index in [4.69, 9.17) is 22.3 Å². The lowest BCUT2D eigenvalue weighted by molar-refractivity contribution is -0.114. The number of aromatic hydroxyl groups is 1. The van der Waals surface area contributed by atoms with Crippen LogP contribution in [0.15, 0.2) is 39.4 Å². The third-order valence-corrected chi connectivity index (χ3v) is 5.64. The zero-order valence-electron chi connectivity index (χ0n) is 18.0. The first kappa shape index (κ1) is 22.8. The van der Waals surface area contributed by atoms with Crippen LogP contribution in [0, 0.1) is 0 Å². The SMILES string of the molecule is CC(C=CC(=S)C(=O)NCCO)=C1CC(NC2CC2)n2ncc(=Cc3[nH]c(=O)[nH]c3O)c2=N1. The van der Waals surface area contributed by atoms with Gasteiger partial charge in [0.15, 0.2) is 5.49 Å². The standard InChI is InChI=1S/C21H25N7O4S/c1-11(2-5-16(33)20(31)22-6-7-29)14-9-17(24-13-3-4-13)28-18(25-14)12(10-23-28)8-15-19(30)27-21(32)26-15/h2,5,8,10,13,17,24,29-30H,3-4,6-7,9H2,1H3,(H,22,31)(H2,26,27,32). The van der Waals surface area contributed by atoms with Crippen LogP contribution in [0.1, 0.15) is 38.0 Å². The van der Waals surface area contributed by atoms with Gasteiger partial charge in [-0.05, 0) is 37.5 Å². The lowest BCUT2D eigenvalue weighted by Crippen LogP contribution is -2.42. The summed E-state index contributed by atoms with van der Waals surface area (Å²) in [5.74, 6) is -0.677.